The first-order valence-corrected chi connectivity index (χ1v) is 7.08. The van der Waals surface area contributed by atoms with Gasteiger partial charge in [0.25, 0.3) is 0 Å². The van der Waals surface area contributed by atoms with Gasteiger partial charge in [0.1, 0.15) is 11.5 Å². The highest BCUT2D eigenvalue weighted by Crippen LogP contribution is 2.19. The number of nitrogens with one attached hydrogen (secondary N) is 1. The molecule has 2 rings (SSSR count). The molecule has 2 aromatic carbocycles. The number of halogens is 3. The van der Waals surface area contributed by atoms with Crippen molar-refractivity contribution in [2.24, 2.45) is 0 Å². The van der Waals surface area contributed by atoms with E-state index in [1.807, 2.05) is 24.3 Å². The smallest absolute Gasteiger partial charge is 0.422 e. The summed E-state index contributed by atoms with van der Waals surface area (Å²) in [6.07, 6.45) is -4.32. The van der Waals surface area contributed by atoms with Crippen LogP contribution in [0.1, 0.15) is 11.1 Å². The normalized spacial score (nSPS) is 11.3. The van der Waals surface area contributed by atoms with Gasteiger partial charge in [-0.15, -0.1) is 0 Å². The van der Waals surface area contributed by atoms with Gasteiger partial charge in [0.2, 0.25) is 0 Å². The molecule has 0 aliphatic carbocycles. The van der Waals surface area contributed by atoms with Gasteiger partial charge in [0, 0.05) is 13.1 Å². The van der Waals surface area contributed by atoms with E-state index >= 15 is 0 Å². The van der Waals surface area contributed by atoms with E-state index in [2.05, 4.69) is 10.1 Å². The molecule has 23 heavy (non-hydrogen) atoms. The highest BCUT2D eigenvalue weighted by Gasteiger charge is 2.28. The lowest BCUT2D eigenvalue weighted by Gasteiger charge is -2.10. The Morgan fingerprint density at radius 3 is 2.26 bits per heavy atom. The number of benzene rings is 2. The third-order valence-corrected chi connectivity index (χ3v) is 3.12. The first-order valence-electron chi connectivity index (χ1n) is 7.08. The van der Waals surface area contributed by atoms with E-state index in [4.69, 9.17) is 4.74 Å². The van der Waals surface area contributed by atoms with Crippen LogP contribution in [0.2, 0.25) is 0 Å². The SMILES string of the molecule is COc1cccc(CNCc2ccc(OCC(F)(F)F)cc2)c1. The Morgan fingerprint density at radius 1 is 0.913 bits per heavy atom. The number of hydrogen-bond donors (Lipinski definition) is 1. The molecule has 0 heterocycles. The number of ether oxygens (including phenoxy) is 2. The molecule has 0 aliphatic heterocycles. The van der Waals surface area contributed by atoms with Gasteiger partial charge in [-0.1, -0.05) is 24.3 Å². The van der Waals surface area contributed by atoms with Crippen LogP contribution in [0.3, 0.4) is 0 Å². The Kier molecular flexibility index (Phi) is 5.87. The lowest BCUT2D eigenvalue weighted by molar-refractivity contribution is -0.153. The van der Waals surface area contributed by atoms with Crippen molar-refractivity contribution in [1.82, 2.24) is 5.32 Å². The fourth-order valence-corrected chi connectivity index (χ4v) is 2.00. The van der Waals surface area contributed by atoms with Gasteiger partial charge in [0.15, 0.2) is 6.61 Å². The minimum Gasteiger partial charge on any atom is -0.497 e. The van der Waals surface area contributed by atoms with Gasteiger partial charge in [-0.25, -0.2) is 0 Å². The Labute approximate surface area is 133 Å². The highest BCUT2D eigenvalue weighted by atomic mass is 19.4. The second kappa shape index (κ2) is 7.87. The van der Waals surface area contributed by atoms with Crippen LogP contribution >= 0.6 is 0 Å². The van der Waals surface area contributed by atoms with Crippen LogP contribution in [-0.2, 0) is 13.1 Å². The number of hydrogen-bond acceptors (Lipinski definition) is 3. The van der Waals surface area contributed by atoms with E-state index < -0.39 is 12.8 Å². The fraction of sp³-hybridized carbons (Fsp3) is 0.294. The fourth-order valence-electron chi connectivity index (χ4n) is 2.00. The Bertz CT molecular complexity index is 612. The molecule has 0 radical (unpaired) electrons. The molecule has 0 saturated heterocycles. The average Bonchev–Trinajstić information content (AvgIpc) is 2.54. The van der Waals surface area contributed by atoms with Crippen molar-refractivity contribution in [2.75, 3.05) is 13.7 Å². The molecule has 0 aromatic heterocycles. The Balaban J connectivity index is 1.79. The summed E-state index contributed by atoms with van der Waals surface area (Å²) in [5.74, 6) is 1.01. The maximum atomic E-state index is 12.1. The topological polar surface area (TPSA) is 30.5 Å². The molecule has 0 amide bonds. The maximum absolute atomic E-state index is 12.1. The van der Waals surface area contributed by atoms with Crippen LogP contribution in [0, 0.1) is 0 Å². The third-order valence-electron chi connectivity index (χ3n) is 3.12. The molecule has 1 N–H and O–H groups in total. The first kappa shape index (κ1) is 17.1. The summed E-state index contributed by atoms with van der Waals surface area (Å²) in [6.45, 7) is 0.000717. The van der Waals surface area contributed by atoms with Gasteiger partial charge in [-0.05, 0) is 35.4 Å². The molecule has 0 saturated carbocycles. The zero-order chi connectivity index (χ0) is 16.7. The van der Waals surface area contributed by atoms with E-state index in [1.54, 1.807) is 19.2 Å². The van der Waals surface area contributed by atoms with Gasteiger partial charge < -0.3 is 14.8 Å². The lowest BCUT2D eigenvalue weighted by Crippen LogP contribution is -2.19. The minimum atomic E-state index is -4.32. The monoisotopic (exact) mass is 325 g/mol. The molecule has 0 aliphatic rings. The summed E-state index contributed by atoms with van der Waals surface area (Å²) >= 11 is 0. The molecular formula is C17H18F3NO2. The molecule has 0 unspecified atom stereocenters. The van der Waals surface area contributed by atoms with Gasteiger partial charge in [-0.3, -0.25) is 0 Å². The maximum Gasteiger partial charge on any atom is 0.422 e. The summed E-state index contributed by atoms with van der Waals surface area (Å²) < 4.78 is 46.0. The predicted octanol–water partition coefficient (Wildman–Crippen LogP) is 3.93. The summed E-state index contributed by atoms with van der Waals surface area (Å²) in [4.78, 5) is 0. The quantitative estimate of drug-likeness (QED) is 0.837. The molecular weight excluding hydrogens is 307 g/mol. The van der Waals surface area contributed by atoms with E-state index in [-0.39, 0.29) is 5.75 Å². The lowest BCUT2D eigenvalue weighted by atomic mass is 10.2. The number of methoxy groups -OCH3 is 1. The third kappa shape index (κ3) is 6.20. The van der Waals surface area contributed by atoms with Gasteiger partial charge in [0.05, 0.1) is 7.11 Å². The van der Waals surface area contributed by atoms with E-state index in [0.29, 0.717) is 13.1 Å². The highest BCUT2D eigenvalue weighted by molar-refractivity contribution is 5.29. The van der Waals surface area contributed by atoms with Crippen molar-refractivity contribution in [2.45, 2.75) is 19.3 Å². The van der Waals surface area contributed by atoms with Crippen LogP contribution < -0.4 is 14.8 Å². The molecule has 124 valence electrons. The predicted molar refractivity (Wildman–Crippen MR) is 81.5 cm³/mol. The van der Waals surface area contributed by atoms with E-state index in [0.717, 1.165) is 16.9 Å². The van der Waals surface area contributed by atoms with E-state index in [9.17, 15) is 13.2 Å². The molecule has 3 nitrogen and oxygen atoms in total. The van der Waals surface area contributed by atoms with Gasteiger partial charge >= 0.3 is 6.18 Å². The van der Waals surface area contributed by atoms with Crippen molar-refractivity contribution in [3.8, 4) is 11.5 Å². The number of rotatable bonds is 7. The molecule has 0 spiro atoms. The average molecular weight is 325 g/mol. The zero-order valence-electron chi connectivity index (χ0n) is 12.7. The summed E-state index contributed by atoms with van der Waals surface area (Å²) in [7, 11) is 1.62. The van der Waals surface area contributed by atoms with Crippen molar-refractivity contribution in [3.05, 3.63) is 59.7 Å². The number of alkyl halides is 3. The van der Waals surface area contributed by atoms with E-state index in [1.165, 1.54) is 12.1 Å². The molecule has 2 aromatic rings. The van der Waals surface area contributed by atoms with Gasteiger partial charge in [-0.2, -0.15) is 13.2 Å². The second-order valence-corrected chi connectivity index (χ2v) is 5.00. The van der Waals surface area contributed by atoms with Crippen LogP contribution in [0.5, 0.6) is 11.5 Å². The van der Waals surface area contributed by atoms with Crippen LogP contribution in [-0.4, -0.2) is 19.9 Å². The van der Waals surface area contributed by atoms with Crippen LogP contribution in [0.4, 0.5) is 13.2 Å². The summed E-state index contributed by atoms with van der Waals surface area (Å²) in [5, 5.41) is 3.27. The summed E-state index contributed by atoms with van der Waals surface area (Å²) in [5.41, 5.74) is 2.06. The minimum absolute atomic E-state index is 0.207. The van der Waals surface area contributed by atoms with Crippen LogP contribution in [0.25, 0.3) is 0 Å². The molecule has 0 fully saturated rings. The first-order chi connectivity index (χ1) is 11.0. The second-order valence-electron chi connectivity index (χ2n) is 5.00. The standard InChI is InChI=1S/C17H18F3NO2/c1-22-16-4-2-3-14(9-16)11-21-10-13-5-7-15(8-6-13)23-12-17(18,19)20/h2-9,21H,10-12H2,1H3. The molecule has 0 bridgehead atoms. The summed E-state index contributed by atoms with van der Waals surface area (Å²) in [6, 6.07) is 14.3. The van der Waals surface area contributed by atoms with Crippen LogP contribution in [0.15, 0.2) is 48.5 Å². The van der Waals surface area contributed by atoms with Crippen molar-refractivity contribution in [1.29, 1.82) is 0 Å². The largest absolute Gasteiger partial charge is 0.497 e. The molecule has 6 heteroatoms. The molecule has 0 atom stereocenters. The van der Waals surface area contributed by atoms with Crippen molar-refractivity contribution >= 4 is 0 Å². The van der Waals surface area contributed by atoms with Crippen molar-refractivity contribution in [3.63, 3.8) is 0 Å². The Morgan fingerprint density at radius 2 is 1.61 bits per heavy atom. The Hall–Kier alpha value is -2.21. The van der Waals surface area contributed by atoms with Crippen molar-refractivity contribution < 1.29 is 22.6 Å². The zero-order valence-corrected chi connectivity index (χ0v) is 12.7.